The molecule has 12 aromatic rings. The monoisotopic (exact) mass is 972 g/mol. The van der Waals surface area contributed by atoms with E-state index in [9.17, 15) is 0 Å². The van der Waals surface area contributed by atoms with Gasteiger partial charge in [-0.1, -0.05) is 214 Å². The average Bonchev–Trinajstić information content (AvgIpc) is 3.76. The van der Waals surface area contributed by atoms with Gasteiger partial charge in [-0.15, -0.1) is 0 Å². The minimum atomic E-state index is -0.119. The molecule has 12 aromatic carbocycles. The number of anilines is 6. The van der Waals surface area contributed by atoms with Gasteiger partial charge in [-0.2, -0.15) is 0 Å². The summed E-state index contributed by atoms with van der Waals surface area (Å²) in [6.45, 7) is 6.97. The van der Waals surface area contributed by atoms with Gasteiger partial charge in [-0.05, 0) is 186 Å². The number of fused-ring (bicyclic) bond motifs is 4. The number of hydrogen-bond donors (Lipinski definition) is 0. The van der Waals surface area contributed by atoms with Crippen LogP contribution in [0.2, 0.25) is 0 Å². The fourth-order valence-corrected chi connectivity index (χ4v) is 11.8. The molecule has 0 unspecified atom stereocenters. The van der Waals surface area contributed by atoms with Crippen molar-refractivity contribution in [2.24, 2.45) is 0 Å². The second-order valence-corrected chi connectivity index (χ2v) is 20.5. The predicted molar refractivity (Wildman–Crippen MR) is 323 cm³/mol. The van der Waals surface area contributed by atoms with Crippen molar-refractivity contribution in [2.75, 3.05) is 9.80 Å². The second kappa shape index (κ2) is 19.4. The van der Waals surface area contributed by atoms with Crippen LogP contribution in [0.3, 0.4) is 0 Å². The quantitative estimate of drug-likeness (QED) is 0.127. The number of para-hydroxylation sites is 2. The number of benzene rings is 12. The third-order valence-corrected chi connectivity index (χ3v) is 15.6. The molecule has 0 spiro atoms. The predicted octanol–water partition coefficient (Wildman–Crippen LogP) is 20.7. The van der Waals surface area contributed by atoms with Crippen molar-refractivity contribution < 1.29 is 0 Å². The van der Waals surface area contributed by atoms with Gasteiger partial charge in [0, 0.05) is 39.5 Å². The van der Waals surface area contributed by atoms with E-state index >= 15 is 0 Å². The number of hydrogen-bond acceptors (Lipinski definition) is 2. The van der Waals surface area contributed by atoms with Crippen molar-refractivity contribution >= 4 is 44.9 Å². The van der Waals surface area contributed by atoms with Crippen molar-refractivity contribution in [3.05, 3.63) is 302 Å². The van der Waals surface area contributed by atoms with Crippen LogP contribution in [0.1, 0.15) is 30.5 Å². The van der Waals surface area contributed by atoms with Gasteiger partial charge in [0.05, 0.1) is 0 Å². The molecule has 0 aromatic heterocycles. The van der Waals surface area contributed by atoms with E-state index in [4.69, 9.17) is 0 Å². The summed E-state index contributed by atoms with van der Waals surface area (Å²) in [5, 5.41) is 2.50. The molecule has 76 heavy (non-hydrogen) atoms. The van der Waals surface area contributed by atoms with Gasteiger partial charge < -0.3 is 9.80 Å². The molecule has 13 rings (SSSR count). The van der Waals surface area contributed by atoms with Crippen molar-refractivity contribution in [1.82, 2.24) is 0 Å². The Morgan fingerprint density at radius 1 is 0.263 bits per heavy atom. The zero-order chi connectivity index (χ0) is 51.2. The van der Waals surface area contributed by atoms with Crippen LogP contribution in [0.4, 0.5) is 34.1 Å². The third-order valence-electron chi connectivity index (χ3n) is 15.6. The molecule has 1 aliphatic carbocycles. The lowest BCUT2D eigenvalue weighted by molar-refractivity contribution is 0.660. The number of rotatable bonds is 11. The Labute approximate surface area is 447 Å². The first-order valence-corrected chi connectivity index (χ1v) is 26.4. The van der Waals surface area contributed by atoms with Gasteiger partial charge in [-0.3, -0.25) is 0 Å². The van der Waals surface area contributed by atoms with Crippen LogP contribution >= 0.6 is 0 Å². The summed E-state index contributed by atoms with van der Waals surface area (Å²) in [7, 11) is 0. The van der Waals surface area contributed by atoms with Crippen molar-refractivity contribution in [3.63, 3.8) is 0 Å². The van der Waals surface area contributed by atoms with E-state index in [0.717, 1.165) is 45.3 Å². The van der Waals surface area contributed by atoms with E-state index in [2.05, 4.69) is 316 Å². The molecule has 0 amide bonds. The highest BCUT2D eigenvalue weighted by Gasteiger charge is 2.37. The number of aryl methyl sites for hydroxylation is 1. The second-order valence-electron chi connectivity index (χ2n) is 20.5. The summed E-state index contributed by atoms with van der Waals surface area (Å²) in [6.07, 6.45) is 0. The molecule has 0 N–H and O–H groups in total. The SMILES string of the molecule is Cc1cccc2c1-c1ccc(N(c3ccccc3)c3ccc(-c4cc(-c5ccccc5)c(-c5ccc(N(c6ccccc6)c6ccc(-c7cccc8ccccc78)cc6)cc5)cc4-c4ccccc4)cc3)cc1C2(C)C. The maximum atomic E-state index is 2.42. The van der Waals surface area contributed by atoms with Crippen LogP contribution in [-0.4, -0.2) is 0 Å². The molecular formula is C74H56N2. The third kappa shape index (κ3) is 8.35. The summed E-state index contributed by atoms with van der Waals surface area (Å²) in [6, 6.07) is 104. The molecule has 0 saturated carbocycles. The Balaban J connectivity index is 0.896. The fraction of sp³-hybridized carbons (Fsp3) is 0.0541. The molecule has 0 saturated heterocycles. The lowest BCUT2D eigenvalue weighted by Gasteiger charge is -2.28. The largest absolute Gasteiger partial charge is 0.311 e. The molecule has 0 aliphatic heterocycles. The van der Waals surface area contributed by atoms with Crippen LogP contribution in [0, 0.1) is 6.92 Å². The summed E-state index contributed by atoms with van der Waals surface area (Å²) < 4.78 is 0. The molecule has 0 fully saturated rings. The molecule has 362 valence electrons. The Bertz CT molecular complexity index is 4030. The fourth-order valence-electron chi connectivity index (χ4n) is 11.8. The summed E-state index contributed by atoms with van der Waals surface area (Å²) >= 11 is 0. The van der Waals surface area contributed by atoms with E-state index < -0.39 is 0 Å². The minimum absolute atomic E-state index is 0.119. The maximum Gasteiger partial charge on any atom is 0.0465 e. The Hall–Kier alpha value is -9.50. The first kappa shape index (κ1) is 46.3. The Kier molecular flexibility index (Phi) is 11.8. The van der Waals surface area contributed by atoms with E-state index in [1.807, 2.05) is 0 Å². The first-order valence-electron chi connectivity index (χ1n) is 26.4. The Morgan fingerprint density at radius 3 is 1.16 bits per heavy atom. The highest BCUT2D eigenvalue weighted by atomic mass is 15.1. The number of nitrogens with zero attached hydrogens (tertiary/aromatic N) is 2. The van der Waals surface area contributed by atoms with Gasteiger partial charge in [0.15, 0.2) is 0 Å². The normalized spacial score (nSPS) is 12.2. The smallest absolute Gasteiger partial charge is 0.0465 e. The van der Waals surface area contributed by atoms with E-state index in [1.54, 1.807) is 0 Å². The van der Waals surface area contributed by atoms with Crippen molar-refractivity contribution in [1.29, 1.82) is 0 Å². The van der Waals surface area contributed by atoms with Crippen LogP contribution in [0.5, 0.6) is 0 Å². The standard InChI is InChI=1S/C74H56N2/c1-51-20-18-33-71-73(51)66-47-46-63(48-72(66)74(71,2)3)76(59-29-14-7-15-30-59)62-44-38-57(39-45-62)70-50-67(53-21-8-4-9-22-53)69(49-68(70)54-23-10-5-11-24-54)56-36-42-61(43-37-56)75(58-27-12-6-13-28-58)60-40-34-55(35-41-60)65-32-19-26-52-25-16-17-31-64(52)65/h4-50H,1-3H3. The zero-order valence-corrected chi connectivity index (χ0v) is 43.0. The van der Waals surface area contributed by atoms with Gasteiger partial charge in [0.25, 0.3) is 0 Å². The molecule has 0 bridgehead atoms. The van der Waals surface area contributed by atoms with Gasteiger partial charge >= 0.3 is 0 Å². The van der Waals surface area contributed by atoms with Gasteiger partial charge in [0.1, 0.15) is 0 Å². The first-order chi connectivity index (χ1) is 37.4. The molecule has 2 heteroatoms. The average molecular weight is 973 g/mol. The zero-order valence-electron chi connectivity index (χ0n) is 43.0. The summed E-state index contributed by atoms with van der Waals surface area (Å²) in [4.78, 5) is 4.75. The summed E-state index contributed by atoms with van der Waals surface area (Å²) in [5.41, 5.74) is 25.1. The molecule has 0 heterocycles. The maximum absolute atomic E-state index is 2.42. The molecule has 1 aliphatic rings. The highest BCUT2D eigenvalue weighted by Crippen LogP contribution is 2.52. The van der Waals surface area contributed by atoms with E-state index in [0.29, 0.717) is 0 Å². The van der Waals surface area contributed by atoms with E-state index in [-0.39, 0.29) is 5.41 Å². The lowest BCUT2D eigenvalue weighted by Crippen LogP contribution is -2.16. The molecule has 0 radical (unpaired) electrons. The van der Waals surface area contributed by atoms with E-state index in [1.165, 1.54) is 83.1 Å². The molecule has 2 nitrogen and oxygen atoms in total. The minimum Gasteiger partial charge on any atom is -0.311 e. The highest BCUT2D eigenvalue weighted by molar-refractivity contribution is 5.98. The van der Waals surface area contributed by atoms with Gasteiger partial charge in [-0.25, -0.2) is 0 Å². The van der Waals surface area contributed by atoms with Crippen LogP contribution < -0.4 is 9.80 Å². The van der Waals surface area contributed by atoms with Crippen LogP contribution in [-0.2, 0) is 5.41 Å². The topological polar surface area (TPSA) is 6.48 Å². The van der Waals surface area contributed by atoms with Crippen LogP contribution in [0.15, 0.2) is 285 Å². The van der Waals surface area contributed by atoms with Crippen LogP contribution in [0.25, 0.3) is 77.5 Å². The van der Waals surface area contributed by atoms with Crippen molar-refractivity contribution in [3.8, 4) is 66.8 Å². The molecular weight excluding hydrogens is 917 g/mol. The van der Waals surface area contributed by atoms with Crippen molar-refractivity contribution in [2.45, 2.75) is 26.2 Å². The van der Waals surface area contributed by atoms with Gasteiger partial charge in [0.2, 0.25) is 0 Å². The summed E-state index contributed by atoms with van der Waals surface area (Å²) in [5.74, 6) is 0. The Morgan fingerprint density at radius 2 is 0.645 bits per heavy atom. The lowest BCUT2D eigenvalue weighted by atomic mass is 9.82. The molecule has 0 atom stereocenters.